The van der Waals surface area contributed by atoms with Crippen LogP contribution in [0.3, 0.4) is 0 Å². The summed E-state index contributed by atoms with van der Waals surface area (Å²) in [4.78, 5) is 14.9. The Bertz CT molecular complexity index is 826. The van der Waals surface area contributed by atoms with Crippen molar-refractivity contribution in [2.45, 2.75) is 51.9 Å². The van der Waals surface area contributed by atoms with Crippen molar-refractivity contribution in [2.75, 3.05) is 19.9 Å². The number of amides is 1. The van der Waals surface area contributed by atoms with Crippen LogP contribution < -0.4 is 4.74 Å². The lowest BCUT2D eigenvalue weighted by atomic mass is 9.82. The number of piperidine rings is 1. The monoisotopic (exact) mass is 397 g/mol. The van der Waals surface area contributed by atoms with E-state index in [-0.39, 0.29) is 24.9 Å². The topological polar surface area (TPSA) is 48.0 Å². The number of hydrogen-bond donors (Lipinski definition) is 0. The van der Waals surface area contributed by atoms with Gasteiger partial charge in [0.2, 0.25) is 0 Å². The molecule has 2 aliphatic heterocycles. The number of benzene rings is 1. The van der Waals surface area contributed by atoms with Crippen LogP contribution in [0.4, 0.5) is 0 Å². The molecule has 0 bridgehead atoms. The summed E-state index contributed by atoms with van der Waals surface area (Å²) < 4.78 is 17.6. The largest absolute Gasteiger partial charge is 0.491 e. The van der Waals surface area contributed by atoms with Crippen LogP contribution in [0, 0.1) is 6.92 Å². The highest BCUT2D eigenvalue weighted by Gasteiger charge is 2.51. The highest BCUT2D eigenvalue weighted by molar-refractivity contribution is 5.94. The van der Waals surface area contributed by atoms with Crippen LogP contribution in [0.2, 0.25) is 0 Å². The fraction of sp³-hybridized carbons (Fsp3) is 0.458. The van der Waals surface area contributed by atoms with Gasteiger partial charge in [0.25, 0.3) is 5.91 Å². The number of fused-ring (bicyclic) bond motifs is 1. The average Bonchev–Trinajstić information content (AvgIpc) is 3.13. The zero-order chi connectivity index (χ0) is 21.0. The van der Waals surface area contributed by atoms with Crippen LogP contribution >= 0.6 is 0 Å². The van der Waals surface area contributed by atoms with Crippen molar-refractivity contribution in [1.29, 1.82) is 0 Å². The van der Waals surface area contributed by atoms with E-state index in [2.05, 4.69) is 6.58 Å². The van der Waals surface area contributed by atoms with Crippen LogP contribution in [0.1, 0.15) is 43.1 Å². The van der Waals surface area contributed by atoms with Gasteiger partial charge < -0.3 is 19.1 Å². The first-order valence-corrected chi connectivity index (χ1v) is 10.2. The molecule has 1 aromatic rings. The van der Waals surface area contributed by atoms with Gasteiger partial charge in [-0.15, -0.1) is 0 Å². The molecule has 0 spiro atoms. The highest BCUT2D eigenvalue weighted by Crippen LogP contribution is 2.40. The third-order valence-corrected chi connectivity index (χ3v) is 5.46. The molecule has 156 valence electrons. The summed E-state index contributed by atoms with van der Waals surface area (Å²) in [6, 6.07) is 5.60. The third-order valence-electron chi connectivity index (χ3n) is 5.46. The minimum atomic E-state index is -0.556. The minimum Gasteiger partial charge on any atom is -0.491 e. The molecule has 5 nitrogen and oxygen atoms in total. The van der Waals surface area contributed by atoms with E-state index < -0.39 is 5.60 Å². The van der Waals surface area contributed by atoms with Crippen LogP contribution in [0.15, 0.2) is 54.7 Å². The maximum atomic E-state index is 13.1. The molecule has 1 amide bonds. The van der Waals surface area contributed by atoms with Gasteiger partial charge in [-0.05, 0) is 57.0 Å². The molecule has 5 heteroatoms. The Morgan fingerprint density at radius 2 is 2.17 bits per heavy atom. The molecule has 0 aliphatic carbocycles. The van der Waals surface area contributed by atoms with E-state index in [0.717, 1.165) is 16.9 Å². The van der Waals surface area contributed by atoms with Gasteiger partial charge in [-0.1, -0.05) is 30.9 Å². The summed E-state index contributed by atoms with van der Waals surface area (Å²) >= 11 is 0. The van der Waals surface area contributed by atoms with Gasteiger partial charge in [0.1, 0.15) is 24.2 Å². The fourth-order valence-electron chi connectivity index (χ4n) is 3.89. The zero-order valence-corrected chi connectivity index (χ0v) is 17.8. The Balaban J connectivity index is 1.72. The molecule has 2 heterocycles. The number of likely N-dealkylation sites (tertiary alicyclic amines) is 1. The number of nitrogens with zero attached hydrogens (tertiary/aromatic N) is 1. The second-order valence-corrected chi connectivity index (χ2v) is 7.87. The maximum absolute atomic E-state index is 13.1. The summed E-state index contributed by atoms with van der Waals surface area (Å²) in [6.45, 7) is 13.4. The van der Waals surface area contributed by atoms with E-state index in [9.17, 15) is 4.79 Å². The molecular weight excluding hydrogens is 366 g/mol. The first kappa shape index (κ1) is 21.3. The van der Waals surface area contributed by atoms with Crippen molar-refractivity contribution in [3.63, 3.8) is 0 Å². The van der Waals surface area contributed by atoms with E-state index in [1.165, 1.54) is 0 Å². The van der Waals surface area contributed by atoms with Gasteiger partial charge >= 0.3 is 0 Å². The van der Waals surface area contributed by atoms with Gasteiger partial charge in [-0.3, -0.25) is 4.79 Å². The van der Waals surface area contributed by atoms with Gasteiger partial charge in [-0.25, -0.2) is 0 Å². The lowest BCUT2D eigenvalue weighted by molar-refractivity contribution is -0.00874. The van der Waals surface area contributed by atoms with Crippen LogP contribution in [0.25, 0.3) is 0 Å². The number of hydrogen-bond acceptors (Lipinski definition) is 4. The maximum Gasteiger partial charge on any atom is 0.253 e. The summed E-state index contributed by atoms with van der Waals surface area (Å²) in [5.74, 6) is 0.814. The molecule has 2 fully saturated rings. The summed E-state index contributed by atoms with van der Waals surface area (Å²) in [5, 5.41) is 0. The lowest BCUT2D eigenvalue weighted by Gasteiger charge is -2.42. The molecule has 0 N–H and O–H groups in total. The van der Waals surface area contributed by atoms with Crippen molar-refractivity contribution < 1.29 is 19.0 Å². The molecule has 0 aromatic heterocycles. The Kier molecular flexibility index (Phi) is 6.60. The number of rotatable bonds is 6. The first-order chi connectivity index (χ1) is 13.9. The quantitative estimate of drug-likeness (QED) is 0.667. The average molecular weight is 398 g/mol. The van der Waals surface area contributed by atoms with E-state index in [1.54, 1.807) is 0 Å². The van der Waals surface area contributed by atoms with E-state index in [0.29, 0.717) is 25.1 Å². The Labute approximate surface area is 173 Å². The van der Waals surface area contributed by atoms with E-state index in [4.69, 9.17) is 14.2 Å². The molecule has 29 heavy (non-hydrogen) atoms. The van der Waals surface area contributed by atoms with Gasteiger partial charge in [0, 0.05) is 18.5 Å². The molecule has 1 unspecified atom stereocenters. The van der Waals surface area contributed by atoms with Gasteiger partial charge in [-0.2, -0.15) is 0 Å². The van der Waals surface area contributed by atoms with Crippen molar-refractivity contribution in [3.8, 4) is 5.75 Å². The zero-order valence-electron chi connectivity index (χ0n) is 17.8. The smallest absolute Gasteiger partial charge is 0.253 e. The second kappa shape index (κ2) is 8.97. The number of ether oxygens (including phenoxy) is 3. The van der Waals surface area contributed by atoms with Crippen molar-refractivity contribution >= 4 is 5.91 Å². The Hall–Kier alpha value is -2.37. The van der Waals surface area contributed by atoms with E-state index in [1.807, 2.05) is 75.1 Å². The molecule has 2 aliphatic rings. The number of aryl methyl sites for hydroxylation is 1. The van der Waals surface area contributed by atoms with Gasteiger partial charge in [0.05, 0.1) is 12.6 Å². The lowest BCUT2D eigenvalue weighted by Crippen LogP contribution is -2.55. The van der Waals surface area contributed by atoms with Gasteiger partial charge in [0.15, 0.2) is 0 Å². The predicted molar refractivity (Wildman–Crippen MR) is 114 cm³/mol. The number of carbonyl (C=O) groups excluding carboxylic acids is 1. The molecule has 0 radical (unpaired) electrons. The van der Waals surface area contributed by atoms with Crippen molar-refractivity contribution in [3.05, 3.63) is 65.8 Å². The molecule has 2 saturated heterocycles. The van der Waals surface area contributed by atoms with Crippen LogP contribution in [-0.4, -0.2) is 48.5 Å². The fourth-order valence-corrected chi connectivity index (χ4v) is 3.89. The third kappa shape index (κ3) is 4.46. The predicted octanol–water partition coefficient (Wildman–Crippen LogP) is 4.43. The molecule has 1 aromatic carbocycles. The first-order valence-electron chi connectivity index (χ1n) is 10.2. The molecule has 0 saturated carbocycles. The van der Waals surface area contributed by atoms with Crippen LogP contribution in [0.5, 0.6) is 5.75 Å². The minimum absolute atomic E-state index is 0.00312. The van der Waals surface area contributed by atoms with E-state index >= 15 is 0 Å². The molecular formula is C24H31NO4. The number of allylic oxidation sites excluding steroid dienone is 3. The second-order valence-electron chi connectivity index (χ2n) is 7.87. The SMILES string of the molecule is C=C(/C=C\C=C/C)[C@]12CCN(C(=O)c3ccc(OC(C)C)c(C)c3)CC1OCO2. The normalized spacial score (nSPS) is 24.4. The molecule has 3 rings (SSSR count). The summed E-state index contributed by atoms with van der Waals surface area (Å²) in [5.41, 5.74) is 1.95. The number of carbonyl (C=O) groups is 1. The Morgan fingerprint density at radius 3 is 2.86 bits per heavy atom. The molecule has 2 atom stereocenters. The van der Waals surface area contributed by atoms with Crippen molar-refractivity contribution in [2.24, 2.45) is 0 Å². The standard InChI is InChI=1S/C24H31NO4/c1-6-7-8-9-19(5)24-12-13-25(15-22(24)27-16-28-24)23(26)20-10-11-21(18(4)14-20)29-17(2)3/h6-11,14,17,22H,5,12-13,15-16H2,1-4H3/b7-6-,9-8-/t22?,24-/m1/s1. The Morgan fingerprint density at radius 1 is 1.38 bits per heavy atom. The van der Waals surface area contributed by atoms with Crippen molar-refractivity contribution in [1.82, 2.24) is 4.90 Å². The van der Waals surface area contributed by atoms with Crippen LogP contribution in [-0.2, 0) is 9.47 Å². The summed E-state index contributed by atoms with van der Waals surface area (Å²) in [7, 11) is 0. The highest BCUT2D eigenvalue weighted by atomic mass is 16.7. The summed E-state index contributed by atoms with van der Waals surface area (Å²) in [6.07, 6.45) is 8.39.